The van der Waals surface area contributed by atoms with Gasteiger partial charge in [0, 0.05) is 20.1 Å². The van der Waals surface area contributed by atoms with Gasteiger partial charge in [0.25, 0.3) is 5.91 Å². The third-order valence-corrected chi connectivity index (χ3v) is 8.66. The van der Waals surface area contributed by atoms with Crippen LogP contribution in [0.4, 0.5) is 0 Å². The van der Waals surface area contributed by atoms with Gasteiger partial charge in [-0.2, -0.15) is 0 Å². The summed E-state index contributed by atoms with van der Waals surface area (Å²) in [6.07, 6.45) is 11.5. The molecule has 9 nitrogen and oxygen atoms in total. The molecule has 256 valence electrons. The van der Waals surface area contributed by atoms with E-state index in [4.69, 9.17) is 9.47 Å². The number of aliphatic hydroxyl groups is 4. The molecule has 0 aromatic rings. The van der Waals surface area contributed by atoms with Crippen molar-refractivity contribution in [3.63, 3.8) is 0 Å². The highest BCUT2D eigenvalue weighted by molar-refractivity contribution is 5.84. The van der Waals surface area contributed by atoms with Gasteiger partial charge in [-0.05, 0) is 68.8 Å². The number of amides is 1. The van der Waals surface area contributed by atoms with Gasteiger partial charge in [-0.1, -0.05) is 78.0 Å². The Morgan fingerprint density at radius 1 is 0.909 bits per heavy atom. The zero-order chi connectivity index (χ0) is 32.9. The van der Waals surface area contributed by atoms with Crippen LogP contribution in [0.5, 0.6) is 0 Å². The summed E-state index contributed by atoms with van der Waals surface area (Å²) in [7, 11) is 1.62. The number of hydrogen-bond acceptors (Lipinski definition) is 8. The molecule has 0 saturated carbocycles. The monoisotopic (exact) mass is 625 g/mol. The Morgan fingerprint density at radius 2 is 1.61 bits per heavy atom. The van der Waals surface area contributed by atoms with Gasteiger partial charge in [0.2, 0.25) is 0 Å². The number of methoxy groups -OCH3 is 1. The van der Waals surface area contributed by atoms with E-state index in [0.29, 0.717) is 50.5 Å². The lowest BCUT2D eigenvalue weighted by Crippen LogP contribution is -2.43. The largest absolute Gasteiger partial charge is 0.452 e. The number of aliphatic hydroxyl groups excluding tert-OH is 4. The Labute approximate surface area is 266 Å². The van der Waals surface area contributed by atoms with Gasteiger partial charge in [0.1, 0.15) is 0 Å². The van der Waals surface area contributed by atoms with E-state index in [1.54, 1.807) is 7.11 Å². The predicted octanol–water partition coefficient (Wildman–Crippen LogP) is 4.99. The van der Waals surface area contributed by atoms with Crippen molar-refractivity contribution in [1.82, 2.24) is 5.32 Å². The minimum absolute atomic E-state index is 0.106. The zero-order valence-corrected chi connectivity index (χ0v) is 28.1. The lowest BCUT2D eigenvalue weighted by Gasteiger charge is -2.23. The van der Waals surface area contributed by atoms with E-state index >= 15 is 0 Å². The van der Waals surface area contributed by atoms with Gasteiger partial charge in [-0.25, -0.2) is 0 Å². The summed E-state index contributed by atoms with van der Waals surface area (Å²) >= 11 is 0. The summed E-state index contributed by atoms with van der Waals surface area (Å²) in [4.78, 5) is 25.7. The van der Waals surface area contributed by atoms with Gasteiger partial charge in [-0.3, -0.25) is 9.59 Å². The van der Waals surface area contributed by atoms with Crippen LogP contribution < -0.4 is 5.32 Å². The molecule has 0 saturated heterocycles. The van der Waals surface area contributed by atoms with Crippen LogP contribution in [0.2, 0.25) is 0 Å². The van der Waals surface area contributed by atoms with Gasteiger partial charge in [0.05, 0.1) is 36.9 Å². The van der Waals surface area contributed by atoms with Crippen LogP contribution in [0.3, 0.4) is 0 Å². The molecular formula is C35H63NO8. The number of carbonyl (C=O) groups excluding carboxylic acids is 2. The fraction of sp³-hybridized carbons (Fsp3) is 0.829. The smallest absolute Gasteiger partial charge is 0.309 e. The zero-order valence-electron chi connectivity index (χ0n) is 28.1. The van der Waals surface area contributed by atoms with Crippen molar-refractivity contribution in [2.75, 3.05) is 20.3 Å². The number of cyclic esters (lactones) is 1. The molecule has 0 radical (unpaired) electrons. The standard InChI is InChI=1S/C35H63NO8/c1-6-12-33-34(41)36-23-30(38)22-32(40)31(39)20-19-28(24-43-5)16-10-14-27(7-2)15-11-18-29(37)17-9-8-13-25(3)21-26(4)35(42)44-33/h10,14,16,25-27,29-33,37-40H,6-9,11-13,15,17-24H2,1-5H3,(H,36,41)/b14-10+,28-16-/t25-,26+,27?,29?,30+,31-,32+,33+/m1/s1. The lowest BCUT2D eigenvalue weighted by molar-refractivity contribution is -0.160. The first-order valence-electron chi connectivity index (χ1n) is 17.1. The second kappa shape index (κ2) is 23.5. The maximum atomic E-state index is 12.8. The molecule has 1 heterocycles. The number of hydrogen-bond donors (Lipinski definition) is 5. The van der Waals surface area contributed by atoms with Crippen LogP contribution >= 0.6 is 0 Å². The first kappa shape index (κ1) is 40.2. The van der Waals surface area contributed by atoms with E-state index in [9.17, 15) is 30.0 Å². The van der Waals surface area contributed by atoms with Crippen molar-refractivity contribution >= 4 is 11.9 Å². The Kier molecular flexibility index (Phi) is 21.5. The number of carbonyl (C=O) groups is 2. The molecule has 1 aliphatic heterocycles. The Bertz CT molecular complexity index is 847. The van der Waals surface area contributed by atoms with E-state index in [0.717, 1.165) is 56.9 Å². The molecule has 0 aliphatic carbocycles. The van der Waals surface area contributed by atoms with Crippen LogP contribution in [0.15, 0.2) is 23.8 Å². The van der Waals surface area contributed by atoms with Crippen LogP contribution in [-0.2, 0) is 19.1 Å². The van der Waals surface area contributed by atoms with Crippen molar-refractivity contribution in [2.45, 2.75) is 148 Å². The van der Waals surface area contributed by atoms with Crippen LogP contribution in [0, 0.1) is 17.8 Å². The highest BCUT2D eigenvalue weighted by Crippen LogP contribution is 2.22. The fourth-order valence-corrected chi connectivity index (χ4v) is 5.76. The van der Waals surface area contributed by atoms with Gasteiger partial charge >= 0.3 is 5.97 Å². The molecule has 1 rings (SSSR count). The Balaban J connectivity index is 2.95. The minimum atomic E-state index is -1.17. The minimum Gasteiger partial charge on any atom is -0.452 e. The summed E-state index contributed by atoms with van der Waals surface area (Å²) in [5.41, 5.74) is 0.987. The quantitative estimate of drug-likeness (QED) is 0.269. The molecule has 0 aromatic heterocycles. The summed E-state index contributed by atoms with van der Waals surface area (Å²) in [6.45, 7) is 8.29. The fourth-order valence-electron chi connectivity index (χ4n) is 5.76. The molecular weight excluding hydrogens is 562 g/mol. The van der Waals surface area contributed by atoms with Crippen molar-refractivity contribution < 1.29 is 39.5 Å². The average molecular weight is 626 g/mol. The number of nitrogens with one attached hydrogen (secondary N) is 1. The first-order chi connectivity index (χ1) is 21.0. The number of allylic oxidation sites excluding steroid dienone is 3. The third kappa shape index (κ3) is 17.6. The highest BCUT2D eigenvalue weighted by atomic mass is 16.5. The number of rotatable bonds is 5. The van der Waals surface area contributed by atoms with E-state index < -0.39 is 36.3 Å². The number of esters is 1. The highest BCUT2D eigenvalue weighted by Gasteiger charge is 2.27. The van der Waals surface area contributed by atoms with Crippen LogP contribution in [-0.4, -0.2) is 83.1 Å². The van der Waals surface area contributed by atoms with Crippen LogP contribution in [0.1, 0.15) is 118 Å². The van der Waals surface area contributed by atoms with E-state index in [1.165, 1.54) is 0 Å². The van der Waals surface area contributed by atoms with Gasteiger partial charge < -0.3 is 35.2 Å². The third-order valence-electron chi connectivity index (χ3n) is 8.66. The van der Waals surface area contributed by atoms with E-state index in [-0.39, 0.29) is 25.0 Å². The molecule has 0 bridgehead atoms. The molecule has 0 fully saturated rings. The Morgan fingerprint density at radius 3 is 2.30 bits per heavy atom. The molecule has 5 N–H and O–H groups in total. The molecule has 9 heteroatoms. The molecule has 1 aliphatic rings. The van der Waals surface area contributed by atoms with Crippen molar-refractivity contribution in [2.24, 2.45) is 17.8 Å². The molecule has 1 amide bonds. The van der Waals surface area contributed by atoms with Gasteiger partial charge in [0.15, 0.2) is 6.10 Å². The summed E-state index contributed by atoms with van der Waals surface area (Å²) in [5.74, 6) is -0.511. The average Bonchev–Trinajstić information content (AvgIpc) is 2.98. The van der Waals surface area contributed by atoms with Crippen LogP contribution in [0.25, 0.3) is 0 Å². The molecule has 8 atom stereocenters. The SMILES string of the molecule is CCC[C@@H]1OC(=O)[C@@H](C)C[C@H](C)CCCCC(O)CCCC(CC)/C=C/C=C(\COC)CC[C@@H](O)[C@@H](O)C[C@H](O)CNC1=O. The molecule has 2 unspecified atom stereocenters. The number of ether oxygens (including phenoxy) is 2. The maximum Gasteiger partial charge on any atom is 0.309 e. The second-order valence-corrected chi connectivity index (χ2v) is 12.9. The topological polar surface area (TPSA) is 146 Å². The summed E-state index contributed by atoms with van der Waals surface area (Å²) in [6, 6.07) is 0. The van der Waals surface area contributed by atoms with Crippen molar-refractivity contribution in [1.29, 1.82) is 0 Å². The second-order valence-electron chi connectivity index (χ2n) is 12.9. The summed E-state index contributed by atoms with van der Waals surface area (Å²) in [5, 5.41) is 44.7. The van der Waals surface area contributed by atoms with Gasteiger partial charge in [-0.15, -0.1) is 0 Å². The predicted molar refractivity (Wildman–Crippen MR) is 174 cm³/mol. The Hall–Kier alpha value is -1.78. The maximum absolute atomic E-state index is 12.8. The molecule has 0 spiro atoms. The lowest BCUT2D eigenvalue weighted by atomic mass is 9.92. The number of β-amino-alcohol motifs (C(OH)–C–C–N with tert-alkyl or cyclic N) is 1. The first-order valence-corrected chi connectivity index (χ1v) is 17.1. The summed E-state index contributed by atoms with van der Waals surface area (Å²) < 4.78 is 10.9. The molecule has 44 heavy (non-hydrogen) atoms. The molecule has 0 aromatic carbocycles. The van der Waals surface area contributed by atoms with E-state index in [2.05, 4.69) is 25.2 Å². The van der Waals surface area contributed by atoms with E-state index in [1.807, 2.05) is 26.0 Å². The normalized spacial score (nSPS) is 34.4. The van der Waals surface area contributed by atoms with Crippen molar-refractivity contribution in [3.8, 4) is 0 Å². The van der Waals surface area contributed by atoms with Crippen molar-refractivity contribution in [3.05, 3.63) is 23.8 Å².